The van der Waals surface area contributed by atoms with Crippen molar-refractivity contribution in [2.45, 2.75) is 19.6 Å². The minimum Gasteiger partial charge on any atom is -0.395 e. The van der Waals surface area contributed by atoms with E-state index < -0.39 is 12.7 Å². The second-order valence-corrected chi connectivity index (χ2v) is 5.23. The fraction of sp³-hybridized carbons (Fsp3) is 0.538. The molecule has 0 saturated heterocycles. The van der Waals surface area contributed by atoms with Gasteiger partial charge in [-0.15, -0.1) is 0 Å². The third kappa shape index (κ3) is 5.68. The number of aliphatic hydroxyl groups is 1. The Morgan fingerprint density at radius 1 is 1.35 bits per heavy atom. The molecule has 1 aromatic rings. The van der Waals surface area contributed by atoms with Gasteiger partial charge in [0, 0.05) is 23.2 Å². The molecule has 0 fully saturated rings. The highest BCUT2D eigenvalue weighted by Crippen LogP contribution is 2.27. The summed E-state index contributed by atoms with van der Waals surface area (Å²) in [6, 6.07) is 5.13. The van der Waals surface area contributed by atoms with Crippen LogP contribution in [0.2, 0.25) is 0 Å². The summed E-state index contributed by atoms with van der Waals surface area (Å²) in [6.45, 7) is 1.68. The topological polar surface area (TPSA) is 35.5 Å². The van der Waals surface area contributed by atoms with E-state index in [1.54, 1.807) is 18.2 Å². The Hall–Kier alpha value is -0.790. The van der Waals surface area contributed by atoms with Gasteiger partial charge >= 0.3 is 6.18 Å². The van der Waals surface area contributed by atoms with Gasteiger partial charge < -0.3 is 15.3 Å². The number of hydrogen-bond donors (Lipinski definition) is 2. The molecule has 0 radical (unpaired) electrons. The summed E-state index contributed by atoms with van der Waals surface area (Å²) in [7, 11) is 0. The molecular weight excluding hydrogens is 337 g/mol. The highest BCUT2D eigenvalue weighted by molar-refractivity contribution is 9.10. The Morgan fingerprint density at radius 2 is 2.05 bits per heavy atom. The third-order valence-corrected chi connectivity index (χ3v) is 3.18. The number of nitrogens with one attached hydrogen (secondary N) is 1. The van der Waals surface area contributed by atoms with Gasteiger partial charge in [-0.1, -0.05) is 22.9 Å². The number of hydrogen-bond acceptors (Lipinski definition) is 3. The summed E-state index contributed by atoms with van der Waals surface area (Å²) in [5.41, 5.74) is 1.25. The first kappa shape index (κ1) is 17.3. The summed E-state index contributed by atoms with van der Waals surface area (Å²) in [6.07, 6.45) is -4.31. The maximum Gasteiger partial charge on any atom is 0.405 e. The predicted octanol–water partition coefficient (Wildman–Crippen LogP) is 2.92. The van der Waals surface area contributed by atoms with E-state index in [4.69, 9.17) is 5.11 Å². The van der Waals surface area contributed by atoms with Crippen molar-refractivity contribution >= 4 is 21.6 Å². The number of halogens is 4. The Balaban J connectivity index is 3.04. The quantitative estimate of drug-likeness (QED) is 0.790. The molecule has 0 saturated carbocycles. The Kier molecular flexibility index (Phi) is 6.78. The van der Waals surface area contributed by atoms with Gasteiger partial charge in [-0.2, -0.15) is 13.2 Å². The van der Waals surface area contributed by atoms with Crippen LogP contribution in [0, 0.1) is 0 Å². The maximum absolute atomic E-state index is 12.6. The fourth-order valence-corrected chi connectivity index (χ4v) is 2.29. The van der Waals surface area contributed by atoms with Crippen molar-refractivity contribution in [1.82, 2.24) is 5.32 Å². The van der Waals surface area contributed by atoms with E-state index in [9.17, 15) is 13.2 Å². The third-order valence-electron chi connectivity index (χ3n) is 2.69. The Labute approximate surface area is 124 Å². The second-order valence-electron chi connectivity index (χ2n) is 4.31. The van der Waals surface area contributed by atoms with Crippen molar-refractivity contribution in [2.24, 2.45) is 0 Å². The summed E-state index contributed by atoms with van der Waals surface area (Å²) in [5, 5.41) is 12.1. The summed E-state index contributed by atoms with van der Waals surface area (Å²) < 4.78 is 38.7. The molecule has 20 heavy (non-hydrogen) atoms. The van der Waals surface area contributed by atoms with Crippen LogP contribution in [0.15, 0.2) is 22.7 Å². The second kappa shape index (κ2) is 7.85. The number of rotatable bonds is 7. The van der Waals surface area contributed by atoms with Crippen LogP contribution in [0.3, 0.4) is 0 Å². The lowest BCUT2D eigenvalue weighted by atomic mass is 10.1. The summed E-state index contributed by atoms with van der Waals surface area (Å²) in [4.78, 5) is 1.15. The molecular formula is C13H18BrF3N2O. The van der Waals surface area contributed by atoms with E-state index in [1.165, 1.54) is 0 Å². The zero-order valence-corrected chi connectivity index (χ0v) is 12.8. The number of anilines is 1. The van der Waals surface area contributed by atoms with Crippen molar-refractivity contribution in [1.29, 1.82) is 0 Å². The largest absolute Gasteiger partial charge is 0.405 e. The molecule has 0 aromatic heterocycles. The van der Waals surface area contributed by atoms with Crippen molar-refractivity contribution in [3.05, 3.63) is 28.2 Å². The molecule has 3 nitrogen and oxygen atoms in total. The Morgan fingerprint density at radius 3 is 2.60 bits per heavy atom. The van der Waals surface area contributed by atoms with E-state index in [0.717, 1.165) is 21.5 Å². The molecule has 0 aliphatic carbocycles. The van der Waals surface area contributed by atoms with Gasteiger partial charge in [0.1, 0.15) is 6.54 Å². The van der Waals surface area contributed by atoms with Gasteiger partial charge in [0.05, 0.1) is 6.61 Å². The molecule has 0 spiro atoms. The SMILES string of the molecule is CCNCc1cc(Br)ccc1N(CCO)CC(F)(F)F. The number of aliphatic hydroxyl groups excluding tert-OH is 1. The summed E-state index contributed by atoms with van der Waals surface area (Å²) >= 11 is 3.32. The highest BCUT2D eigenvalue weighted by atomic mass is 79.9. The molecule has 1 aromatic carbocycles. The number of alkyl halides is 3. The minimum absolute atomic E-state index is 0.0553. The van der Waals surface area contributed by atoms with Crippen LogP contribution in [0.4, 0.5) is 18.9 Å². The standard InChI is InChI=1S/C13H18BrF3N2O/c1-2-18-8-10-7-11(14)3-4-12(10)19(5-6-20)9-13(15,16)17/h3-4,7,18,20H,2,5-6,8-9H2,1H3. The number of benzene rings is 1. The molecule has 2 N–H and O–H groups in total. The predicted molar refractivity (Wildman–Crippen MR) is 76.9 cm³/mol. The zero-order chi connectivity index (χ0) is 15.2. The molecule has 1 rings (SSSR count). The normalized spacial score (nSPS) is 11.7. The lowest BCUT2D eigenvalue weighted by Gasteiger charge is -2.27. The zero-order valence-electron chi connectivity index (χ0n) is 11.2. The first-order valence-electron chi connectivity index (χ1n) is 6.29. The van der Waals surface area contributed by atoms with Crippen LogP contribution in [0.1, 0.15) is 12.5 Å². The van der Waals surface area contributed by atoms with Crippen LogP contribution < -0.4 is 10.2 Å². The van der Waals surface area contributed by atoms with Gasteiger partial charge in [0.25, 0.3) is 0 Å². The van der Waals surface area contributed by atoms with Crippen LogP contribution in [-0.2, 0) is 6.54 Å². The molecule has 0 aliphatic rings. The minimum atomic E-state index is -4.31. The van der Waals surface area contributed by atoms with Gasteiger partial charge in [0.2, 0.25) is 0 Å². The van der Waals surface area contributed by atoms with Crippen LogP contribution in [0.25, 0.3) is 0 Å². The van der Waals surface area contributed by atoms with Crippen molar-refractivity contribution in [3.8, 4) is 0 Å². The van der Waals surface area contributed by atoms with E-state index in [-0.39, 0.29) is 13.2 Å². The van der Waals surface area contributed by atoms with E-state index in [1.807, 2.05) is 6.92 Å². The molecule has 0 unspecified atom stereocenters. The molecule has 0 heterocycles. The average Bonchev–Trinajstić information content (AvgIpc) is 2.34. The van der Waals surface area contributed by atoms with E-state index in [0.29, 0.717) is 12.2 Å². The van der Waals surface area contributed by atoms with Crippen LogP contribution >= 0.6 is 15.9 Å². The summed E-state index contributed by atoms with van der Waals surface area (Å²) in [5.74, 6) is 0. The average molecular weight is 355 g/mol. The molecule has 114 valence electrons. The van der Waals surface area contributed by atoms with Gasteiger partial charge in [-0.3, -0.25) is 0 Å². The number of nitrogens with zero attached hydrogens (tertiary/aromatic N) is 1. The smallest absolute Gasteiger partial charge is 0.395 e. The maximum atomic E-state index is 12.6. The first-order valence-corrected chi connectivity index (χ1v) is 7.08. The van der Waals surface area contributed by atoms with Crippen LogP contribution in [0.5, 0.6) is 0 Å². The Bertz CT molecular complexity index is 427. The van der Waals surface area contributed by atoms with E-state index >= 15 is 0 Å². The molecule has 0 bridgehead atoms. The lowest BCUT2D eigenvalue weighted by molar-refractivity contribution is -0.119. The van der Waals surface area contributed by atoms with E-state index in [2.05, 4.69) is 21.2 Å². The van der Waals surface area contributed by atoms with Crippen LogP contribution in [-0.4, -0.2) is 37.5 Å². The van der Waals surface area contributed by atoms with Gasteiger partial charge in [-0.05, 0) is 30.3 Å². The first-order chi connectivity index (χ1) is 9.37. The molecule has 0 atom stereocenters. The molecule has 7 heteroatoms. The highest BCUT2D eigenvalue weighted by Gasteiger charge is 2.31. The molecule has 0 aliphatic heterocycles. The fourth-order valence-electron chi connectivity index (χ4n) is 1.89. The molecule has 0 amide bonds. The van der Waals surface area contributed by atoms with Crippen molar-refractivity contribution < 1.29 is 18.3 Å². The van der Waals surface area contributed by atoms with Gasteiger partial charge in [0.15, 0.2) is 0 Å². The monoisotopic (exact) mass is 354 g/mol. The lowest BCUT2D eigenvalue weighted by Crippen LogP contribution is -2.37. The van der Waals surface area contributed by atoms with Crippen molar-refractivity contribution in [3.63, 3.8) is 0 Å². The van der Waals surface area contributed by atoms with Crippen molar-refractivity contribution in [2.75, 3.05) is 31.1 Å². The van der Waals surface area contributed by atoms with Gasteiger partial charge in [-0.25, -0.2) is 0 Å².